The van der Waals surface area contributed by atoms with Gasteiger partial charge in [0.15, 0.2) is 0 Å². The Morgan fingerprint density at radius 1 is 1.17 bits per heavy atom. The van der Waals surface area contributed by atoms with Crippen LogP contribution >= 0.6 is 0 Å². The van der Waals surface area contributed by atoms with E-state index in [2.05, 4.69) is 0 Å². The largest absolute Gasteiger partial charge is 0.377 e. The van der Waals surface area contributed by atoms with E-state index >= 15 is 0 Å². The molecule has 1 aliphatic rings. The van der Waals surface area contributed by atoms with Gasteiger partial charge >= 0.3 is 0 Å². The fraction of sp³-hybridized carbons (Fsp3) is 1.00. The molecule has 0 aromatic rings. The highest BCUT2D eigenvalue weighted by Crippen LogP contribution is 1.85. The molecule has 0 aromatic heterocycles. The summed E-state index contributed by atoms with van der Waals surface area (Å²) >= 11 is 0. The predicted octanol–water partition coefficient (Wildman–Crippen LogP) is 0.0332. The van der Waals surface area contributed by atoms with Crippen molar-refractivity contribution in [3.05, 3.63) is 0 Å². The summed E-state index contributed by atoms with van der Waals surface area (Å²) in [5.41, 5.74) is 0. The van der Waals surface area contributed by atoms with Crippen molar-refractivity contribution < 1.29 is 10.8 Å². The van der Waals surface area contributed by atoms with Gasteiger partial charge in [-0.15, -0.1) is 0 Å². The fourth-order valence-corrected chi connectivity index (χ4v) is 0.370. The zero-order valence-corrected chi connectivity index (χ0v) is 3.52. The molecule has 1 aliphatic heterocycles. The molecule has 0 radical (unpaired) electrons. The minimum atomic E-state index is -0.436. The average Bonchev–Trinajstić information content (AvgIpc) is 1.69. The van der Waals surface area contributed by atoms with Gasteiger partial charge in [-0.2, -0.15) is 0 Å². The van der Waals surface area contributed by atoms with E-state index in [0.29, 0.717) is 19.8 Å². The van der Waals surface area contributed by atoms with Gasteiger partial charge in [0, 0.05) is 0 Å². The van der Waals surface area contributed by atoms with Crippen molar-refractivity contribution in [2.75, 3.05) is 26.4 Å². The maximum Gasteiger partial charge on any atom is 0.0701 e. The Balaban J connectivity index is 2.12. The minimum Gasteiger partial charge on any atom is -0.377 e. The molecule has 0 bridgehead atoms. The summed E-state index contributed by atoms with van der Waals surface area (Å²) in [5, 5.41) is 0. The highest BCUT2D eigenvalue weighted by atomic mass is 16.6. The maximum absolute atomic E-state index is 6.92. The molecule has 6 heavy (non-hydrogen) atoms. The highest BCUT2D eigenvalue weighted by Gasteiger charge is 1.94. The molecule has 0 unspecified atom stereocenters. The lowest BCUT2D eigenvalue weighted by Crippen LogP contribution is -2.16. The minimum absolute atomic E-state index is 0.431. The van der Waals surface area contributed by atoms with Gasteiger partial charge in [-0.3, -0.25) is 0 Å². The van der Waals surface area contributed by atoms with Crippen LogP contribution in [0.15, 0.2) is 0 Å². The van der Waals surface area contributed by atoms with Crippen LogP contribution in [0.4, 0.5) is 0 Å². The molecule has 0 N–H and O–H groups in total. The van der Waals surface area contributed by atoms with E-state index in [4.69, 9.17) is 10.8 Å². The van der Waals surface area contributed by atoms with Gasteiger partial charge in [0.2, 0.25) is 0 Å². The topological polar surface area (TPSA) is 18.5 Å². The van der Waals surface area contributed by atoms with E-state index in [1.807, 2.05) is 0 Å². The standard InChI is InChI=1S/C4H8O2/c1-2-6-4-3-5-1/h1-4H2/i1D/t1-/m0/s1. The number of ether oxygens (including phenoxy) is 2. The lowest BCUT2D eigenvalue weighted by molar-refractivity contribution is -0.0334. The van der Waals surface area contributed by atoms with Crippen LogP contribution in [0, 0.1) is 0 Å². The van der Waals surface area contributed by atoms with Gasteiger partial charge in [0.05, 0.1) is 27.8 Å². The summed E-state index contributed by atoms with van der Waals surface area (Å²) in [6.45, 7) is 1.22. The summed E-state index contributed by atoms with van der Waals surface area (Å²) in [6.07, 6.45) is 0. The first-order valence-electron chi connectivity index (χ1n) is 2.59. The third kappa shape index (κ3) is 0.954. The second-order valence-electron chi connectivity index (χ2n) is 1.11. The molecule has 0 saturated carbocycles. The van der Waals surface area contributed by atoms with Crippen LogP contribution in [0.1, 0.15) is 1.37 Å². The molecule has 0 aliphatic carbocycles. The van der Waals surface area contributed by atoms with E-state index in [1.54, 1.807) is 0 Å². The summed E-state index contributed by atoms with van der Waals surface area (Å²) in [4.78, 5) is 0. The molecule has 0 amide bonds. The van der Waals surface area contributed by atoms with Crippen molar-refractivity contribution in [2.45, 2.75) is 0 Å². The Kier molecular flexibility index (Phi) is 1.08. The van der Waals surface area contributed by atoms with E-state index in [9.17, 15) is 0 Å². The fourth-order valence-electron chi connectivity index (χ4n) is 0.370. The predicted molar refractivity (Wildman–Crippen MR) is 21.6 cm³/mol. The number of rotatable bonds is 0. The van der Waals surface area contributed by atoms with Crippen molar-refractivity contribution in [1.29, 1.82) is 0 Å². The molecule has 0 aromatic carbocycles. The monoisotopic (exact) mass is 89.1 g/mol. The van der Waals surface area contributed by atoms with E-state index in [-0.39, 0.29) is 0 Å². The smallest absolute Gasteiger partial charge is 0.0701 e. The quantitative estimate of drug-likeness (QED) is 0.417. The van der Waals surface area contributed by atoms with E-state index < -0.39 is 6.58 Å². The van der Waals surface area contributed by atoms with E-state index in [0.717, 1.165) is 0 Å². The van der Waals surface area contributed by atoms with Crippen LogP contribution in [0.3, 0.4) is 0 Å². The van der Waals surface area contributed by atoms with E-state index in [1.165, 1.54) is 0 Å². The van der Waals surface area contributed by atoms with Crippen LogP contribution in [-0.4, -0.2) is 26.4 Å². The third-order valence-electron chi connectivity index (χ3n) is 0.649. The molecule has 1 fully saturated rings. The van der Waals surface area contributed by atoms with Crippen LogP contribution in [-0.2, 0) is 9.47 Å². The summed E-state index contributed by atoms with van der Waals surface area (Å²) in [6, 6.07) is 0. The molecule has 36 valence electrons. The Bertz CT molecular complexity index is 51.7. The lowest BCUT2D eigenvalue weighted by Gasteiger charge is -2.09. The number of hydrogen-bond donors (Lipinski definition) is 0. The van der Waals surface area contributed by atoms with Crippen molar-refractivity contribution in [3.63, 3.8) is 0 Å². The van der Waals surface area contributed by atoms with Gasteiger partial charge in [-0.25, -0.2) is 0 Å². The van der Waals surface area contributed by atoms with Gasteiger partial charge in [-0.1, -0.05) is 0 Å². The second kappa shape index (κ2) is 2.16. The van der Waals surface area contributed by atoms with Crippen LogP contribution in [0.2, 0.25) is 0 Å². The van der Waals surface area contributed by atoms with Crippen molar-refractivity contribution in [3.8, 4) is 0 Å². The molecule has 2 heteroatoms. The summed E-state index contributed by atoms with van der Waals surface area (Å²) < 4.78 is 16.6. The average molecular weight is 89.1 g/mol. The molecular weight excluding hydrogens is 80.0 g/mol. The van der Waals surface area contributed by atoms with Crippen LogP contribution in [0.25, 0.3) is 0 Å². The van der Waals surface area contributed by atoms with Crippen molar-refractivity contribution in [1.82, 2.24) is 0 Å². The molecule has 1 saturated heterocycles. The molecule has 1 rings (SSSR count). The Morgan fingerprint density at radius 2 is 2.00 bits per heavy atom. The first kappa shape index (κ1) is 2.99. The Labute approximate surface area is 38.5 Å². The summed E-state index contributed by atoms with van der Waals surface area (Å²) in [7, 11) is 0. The first-order valence-corrected chi connectivity index (χ1v) is 2.01. The lowest BCUT2D eigenvalue weighted by atomic mass is 10.6. The number of hydrogen-bond acceptors (Lipinski definition) is 2. The molecule has 0 spiro atoms. The second-order valence-corrected chi connectivity index (χ2v) is 1.11. The van der Waals surface area contributed by atoms with Gasteiger partial charge in [0.1, 0.15) is 0 Å². The third-order valence-corrected chi connectivity index (χ3v) is 0.649. The zero-order valence-electron chi connectivity index (χ0n) is 4.52. The first-order chi connectivity index (χ1) is 3.39. The highest BCUT2D eigenvalue weighted by molar-refractivity contribution is 4.37. The zero-order chi connectivity index (χ0) is 5.11. The Hall–Kier alpha value is -0.0800. The maximum atomic E-state index is 6.92. The van der Waals surface area contributed by atoms with Gasteiger partial charge in [-0.05, 0) is 0 Å². The molecule has 2 nitrogen and oxygen atoms in total. The normalized spacial score (nSPS) is 38.7. The molecular formula is C4H8O2. The van der Waals surface area contributed by atoms with Gasteiger partial charge < -0.3 is 9.47 Å². The Morgan fingerprint density at radius 3 is 2.33 bits per heavy atom. The van der Waals surface area contributed by atoms with Crippen molar-refractivity contribution in [2.24, 2.45) is 0 Å². The van der Waals surface area contributed by atoms with Crippen molar-refractivity contribution >= 4 is 0 Å². The van der Waals surface area contributed by atoms with Crippen LogP contribution in [0.5, 0.6) is 0 Å². The molecule has 1 atom stereocenters. The summed E-state index contributed by atoms with van der Waals surface area (Å²) in [5.74, 6) is 0. The van der Waals surface area contributed by atoms with Gasteiger partial charge in [0.25, 0.3) is 0 Å². The SMILES string of the molecule is [2H][C@H]1COCCO1. The molecule has 1 heterocycles. The van der Waals surface area contributed by atoms with Crippen LogP contribution < -0.4 is 0 Å².